The largest absolute Gasteiger partial charge is 0.481 e. The summed E-state index contributed by atoms with van der Waals surface area (Å²) in [6.45, 7) is 0.923. The molecule has 3 nitrogen and oxygen atoms in total. The zero-order valence-electron chi connectivity index (χ0n) is 11.8. The Kier molecular flexibility index (Phi) is 4.57. The second kappa shape index (κ2) is 6.27. The first-order valence-corrected chi connectivity index (χ1v) is 8.61. The van der Waals surface area contributed by atoms with Gasteiger partial charge in [0.05, 0.1) is 0 Å². The monoisotopic (exact) mass is 371 g/mol. The molecule has 2 heterocycles. The molecule has 2 atom stereocenters. The zero-order chi connectivity index (χ0) is 15.0. The minimum atomic E-state index is -0.659. The molecule has 2 aliphatic rings. The first-order chi connectivity index (χ1) is 10.0. The van der Waals surface area contributed by atoms with E-state index in [0.29, 0.717) is 24.4 Å². The number of nitrogens with zero attached hydrogens (tertiary/aromatic N) is 1. The molecule has 0 aliphatic carbocycles. The van der Waals surface area contributed by atoms with Crippen molar-refractivity contribution in [1.29, 1.82) is 0 Å². The number of hydrogen-bond donors (Lipinski definition) is 1. The van der Waals surface area contributed by atoms with Crippen LogP contribution >= 0.6 is 27.5 Å². The van der Waals surface area contributed by atoms with Crippen LogP contribution in [0.2, 0.25) is 5.02 Å². The Hall–Kier alpha value is -0.580. The van der Waals surface area contributed by atoms with Gasteiger partial charge < -0.3 is 5.11 Å². The topological polar surface area (TPSA) is 40.5 Å². The van der Waals surface area contributed by atoms with Crippen LogP contribution in [-0.2, 0) is 11.3 Å². The highest BCUT2D eigenvalue weighted by atomic mass is 79.9. The zero-order valence-corrected chi connectivity index (χ0v) is 14.1. The fourth-order valence-electron chi connectivity index (χ4n) is 3.91. The van der Waals surface area contributed by atoms with Gasteiger partial charge in [-0.3, -0.25) is 9.69 Å². The number of aliphatic carboxylic acids is 1. The Morgan fingerprint density at radius 2 is 2.00 bits per heavy atom. The third-order valence-electron chi connectivity index (χ3n) is 4.81. The van der Waals surface area contributed by atoms with E-state index in [2.05, 4.69) is 26.9 Å². The van der Waals surface area contributed by atoms with Crippen molar-refractivity contribution in [1.82, 2.24) is 4.90 Å². The smallest absolute Gasteiger partial charge is 0.303 e. The molecule has 0 spiro atoms. The lowest BCUT2D eigenvalue weighted by Crippen LogP contribution is -2.42. The number of fused-ring (bicyclic) bond motifs is 2. The number of rotatable bonds is 4. The molecule has 2 bridgehead atoms. The summed E-state index contributed by atoms with van der Waals surface area (Å²) in [6, 6.07) is 7.03. The van der Waals surface area contributed by atoms with Gasteiger partial charge >= 0.3 is 5.97 Å². The van der Waals surface area contributed by atoms with E-state index >= 15 is 0 Å². The normalized spacial score (nSPS) is 28.8. The van der Waals surface area contributed by atoms with E-state index in [0.717, 1.165) is 28.9 Å². The molecule has 3 rings (SSSR count). The van der Waals surface area contributed by atoms with Crippen molar-refractivity contribution < 1.29 is 9.90 Å². The molecule has 0 amide bonds. The van der Waals surface area contributed by atoms with Gasteiger partial charge in [0.15, 0.2) is 0 Å². The fourth-order valence-corrected chi connectivity index (χ4v) is 4.71. The fraction of sp³-hybridized carbons (Fsp3) is 0.562. The summed E-state index contributed by atoms with van der Waals surface area (Å²) in [7, 11) is 0. The van der Waals surface area contributed by atoms with E-state index in [-0.39, 0.29) is 0 Å². The standard InChI is InChI=1S/C16H19BrClNO2/c17-15-8-12(18)2-1-11(15)9-19-13-3-4-14(19)6-10(5-13)7-16(20)21/h1-2,8,10,13-14H,3-7,9H2,(H,20,21). The molecule has 2 aliphatic heterocycles. The molecule has 2 saturated heterocycles. The third kappa shape index (κ3) is 3.43. The predicted octanol–water partition coefficient (Wildman–Crippen LogP) is 4.32. The van der Waals surface area contributed by atoms with Crippen LogP contribution in [0.15, 0.2) is 22.7 Å². The summed E-state index contributed by atoms with van der Waals surface area (Å²) < 4.78 is 1.06. The van der Waals surface area contributed by atoms with E-state index in [1.54, 1.807) is 0 Å². The summed E-state index contributed by atoms with van der Waals surface area (Å²) in [5.41, 5.74) is 1.26. The minimum Gasteiger partial charge on any atom is -0.481 e. The van der Waals surface area contributed by atoms with Crippen LogP contribution in [0, 0.1) is 5.92 Å². The number of halogens is 2. The minimum absolute atomic E-state index is 0.325. The summed E-state index contributed by atoms with van der Waals surface area (Å²) in [4.78, 5) is 13.5. The average Bonchev–Trinajstić information content (AvgIpc) is 2.64. The van der Waals surface area contributed by atoms with Gasteiger partial charge in [-0.15, -0.1) is 0 Å². The quantitative estimate of drug-likeness (QED) is 0.855. The molecule has 5 heteroatoms. The average molecular weight is 373 g/mol. The first kappa shape index (κ1) is 15.3. The van der Waals surface area contributed by atoms with E-state index in [9.17, 15) is 4.79 Å². The van der Waals surface area contributed by atoms with Gasteiger partial charge in [-0.1, -0.05) is 33.6 Å². The van der Waals surface area contributed by atoms with Gasteiger partial charge in [0.2, 0.25) is 0 Å². The Morgan fingerprint density at radius 3 is 2.57 bits per heavy atom. The predicted molar refractivity (Wildman–Crippen MR) is 86.5 cm³/mol. The van der Waals surface area contributed by atoms with Crippen molar-refractivity contribution in [2.24, 2.45) is 5.92 Å². The lowest BCUT2D eigenvalue weighted by molar-refractivity contribution is -0.138. The van der Waals surface area contributed by atoms with Crippen LogP contribution < -0.4 is 0 Å². The van der Waals surface area contributed by atoms with E-state index in [1.165, 1.54) is 18.4 Å². The van der Waals surface area contributed by atoms with Crippen LogP contribution in [0.4, 0.5) is 0 Å². The molecule has 21 heavy (non-hydrogen) atoms. The summed E-state index contributed by atoms with van der Waals surface area (Å²) >= 11 is 9.59. The Bertz CT molecular complexity index is 537. The Morgan fingerprint density at radius 1 is 1.33 bits per heavy atom. The Labute approximate surface area is 138 Å². The maximum atomic E-state index is 10.9. The van der Waals surface area contributed by atoms with Crippen LogP contribution in [0.1, 0.15) is 37.7 Å². The molecule has 1 aromatic rings. The van der Waals surface area contributed by atoms with Gasteiger partial charge in [0.1, 0.15) is 0 Å². The summed E-state index contributed by atoms with van der Waals surface area (Å²) in [5.74, 6) is -0.307. The van der Waals surface area contributed by atoms with Crippen LogP contribution in [0.3, 0.4) is 0 Å². The van der Waals surface area contributed by atoms with Crippen LogP contribution in [0.25, 0.3) is 0 Å². The van der Waals surface area contributed by atoms with Crippen molar-refractivity contribution in [3.05, 3.63) is 33.3 Å². The lowest BCUT2D eigenvalue weighted by Gasteiger charge is -2.38. The first-order valence-electron chi connectivity index (χ1n) is 7.44. The molecule has 2 fully saturated rings. The number of carbonyl (C=O) groups is 1. The van der Waals surface area contributed by atoms with Crippen molar-refractivity contribution in [3.63, 3.8) is 0 Å². The number of benzene rings is 1. The molecular weight excluding hydrogens is 354 g/mol. The maximum absolute atomic E-state index is 10.9. The molecule has 2 unspecified atom stereocenters. The highest BCUT2D eigenvalue weighted by molar-refractivity contribution is 9.10. The molecule has 1 N–H and O–H groups in total. The van der Waals surface area contributed by atoms with Crippen LogP contribution in [0.5, 0.6) is 0 Å². The van der Waals surface area contributed by atoms with Gasteiger partial charge in [0.25, 0.3) is 0 Å². The van der Waals surface area contributed by atoms with Crippen molar-refractivity contribution in [3.8, 4) is 0 Å². The molecule has 114 valence electrons. The van der Waals surface area contributed by atoms with E-state index < -0.39 is 5.97 Å². The number of piperidine rings is 1. The highest BCUT2D eigenvalue weighted by Crippen LogP contribution is 2.41. The number of carboxylic acids is 1. The summed E-state index contributed by atoms with van der Waals surface area (Å²) in [6.07, 6.45) is 4.77. The second-order valence-corrected chi connectivity index (χ2v) is 7.52. The lowest BCUT2D eigenvalue weighted by atomic mass is 9.88. The van der Waals surface area contributed by atoms with E-state index in [1.807, 2.05) is 12.1 Å². The number of hydrogen-bond acceptors (Lipinski definition) is 2. The van der Waals surface area contributed by atoms with Gasteiger partial charge in [0, 0.05) is 34.5 Å². The third-order valence-corrected chi connectivity index (χ3v) is 5.79. The van der Waals surface area contributed by atoms with Gasteiger partial charge in [-0.05, 0) is 49.3 Å². The van der Waals surface area contributed by atoms with Crippen molar-refractivity contribution in [2.45, 2.75) is 50.7 Å². The molecule has 1 aromatic carbocycles. The molecular formula is C16H19BrClNO2. The SMILES string of the molecule is O=C(O)CC1CC2CCC(C1)N2Cc1ccc(Cl)cc1Br. The number of carboxylic acid groups (broad SMARTS) is 1. The van der Waals surface area contributed by atoms with Gasteiger partial charge in [-0.25, -0.2) is 0 Å². The maximum Gasteiger partial charge on any atom is 0.303 e. The second-order valence-electron chi connectivity index (χ2n) is 6.23. The van der Waals surface area contributed by atoms with Gasteiger partial charge in [-0.2, -0.15) is 0 Å². The van der Waals surface area contributed by atoms with Crippen molar-refractivity contribution >= 4 is 33.5 Å². The van der Waals surface area contributed by atoms with E-state index in [4.69, 9.17) is 16.7 Å². The molecule has 0 radical (unpaired) electrons. The van der Waals surface area contributed by atoms with Crippen LogP contribution in [-0.4, -0.2) is 28.1 Å². The molecule has 0 saturated carbocycles. The summed E-state index contributed by atoms with van der Waals surface area (Å²) in [5, 5.41) is 9.73. The highest BCUT2D eigenvalue weighted by Gasteiger charge is 2.41. The Balaban J connectivity index is 1.69. The van der Waals surface area contributed by atoms with Crippen molar-refractivity contribution in [2.75, 3.05) is 0 Å². The molecule has 0 aromatic heterocycles.